The van der Waals surface area contributed by atoms with Gasteiger partial charge in [0.05, 0.1) is 16.8 Å². The van der Waals surface area contributed by atoms with Crippen molar-refractivity contribution in [2.24, 2.45) is 0 Å². The van der Waals surface area contributed by atoms with E-state index in [2.05, 4.69) is 9.88 Å². The van der Waals surface area contributed by atoms with Crippen molar-refractivity contribution < 1.29 is 9.66 Å². The zero-order valence-electron chi connectivity index (χ0n) is 15.1. The molecule has 0 atom stereocenters. The molecule has 3 aromatic rings. The number of piperidine rings is 1. The number of fused-ring (bicyclic) bond motifs is 1. The minimum atomic E-state index is -0.408. The van der Waals surface area contributed by atoms with Gasteiger partial charge in [0, 0.05) is 24.4 Å². The fraction of sp³-hybridized carbons (Fsp3) is 0.350. The van der Waals surface area contributed by atoms with Crippen LogP contribution in [-0.2, 0) is 0 Å². The van der Waals surface area contributed by atoms with Gasteiger partial charge in [0.15, 0.2) is 0 Å². The number of rotatable bonds is 6. The van der Waals surface area contributed by atoms with Gasteiger partial charge >= 0.3 is 0 Å². The third kappa shape index (κ3) is 4.09. The summed E-state index contributed by atoms with van der Waals surface area (Å²) in [4.78, 5) is 17.5. The molecule has 1 saturated heterocycles. The van der Waals surface area contributed by atoms with E-state index >= 15 is 0 Å². The molecule has 0 aliphatic carbocycles. The van der Waals surface area contributed by atoms with Crippen LogP contribution in [-0.4, -0.2) is 45.4 Å². The van der Waals surface area contributed by atoms with Crippen molar-refractivity contribution in [1.82, 2.24) is 14.3 Å². The van der Waals surface area contributed by atoms with E-state index in [0.29, 0.717) is 12.3 Å². The summed E-state index contributed by atoms with van der Waals surface area (Å²) in [7, 11) is 0. The zero-order valence-corrected chi connectivity index (χ0v) is 15.1. The summed E-state index contributed by atoms with van der Waals surface area (Å²) < 4.78 is 7.54. The van der Waals surface area contributed by atoms with Crippen LogP contribution in [0.3, 0.4) is 0 Å². The molecule has 1 aliphatic rings. The average molecular weight is 366 g/mol. The second-order valence-electron chi connectivity index (χ2n) is 6.81. The molecule has 0 amide bonds. The molecule has 0 saturated carbocycles. The van der Waals surface area contributed by atoms with Crippen LogP contribution in [0.4, 0.5) is 5.69 Å². The molecule has 0 N–H and O–H groups in total. The highest BCUT2D eigenvalue weighted by Crippen LogP contribution is 2.23. The van der Waals surface area contributed by atoms with Crippen LogP contribution < -0.4 is 4.74 Å². The van der Waals surface area contributed by atoms with Crippen LogP contribution in [0.2, 0.25) is 0 Å². The number of nitro groups is 1. The highest BCUT2D eigenvalue weighted by atomic mass is 16.6. The third-order valence-corrected chi connectivity index (χ3v) is 4.92. The molecule has 0 unspecified atom stereocenters. The Balaban J connectivity index is 1.40. The zero-order chi connectivity index (χ0) is 18.6. The number of nitrogens with zero attached hydrogens (tertiary/aromatic N) is 4. The van der Waals surface area contributed by atoms with Crippen LogP contribution in [0, 0.1) is 10.1 Å². The fourth-order valence-electron chi connectivity index (χ4n) is 3.42. The summed E-state index contributed by atoms with van der Waals surface area (Å²) >= 11 is 0. The predicted octanol–water partition coefficient (Wildman–Crippen LogP) is 3.77. The second kappa shape index (κ2) is 7.75. The minimum absolute atomic E-state index is 0.0453. The lowest BCUT2D eigenvalue weighted by atomic mass is 10.1. The van der Waals surface area contributed by atoms with Crippen LogP contribution >= 0.6 is 0 Å². The molecule has 0 bridgehead atoms. The normalized spacial score (nSPS) is 15.1. The quantitative estimate of drug-likeness (QED) is 0.490. The Morgan fingerprint density at radius 3 is 2.56 bits per heavy atom. The lowest BCUT2D eigenvalue weighted by molar-refractivity contribution is -0.385. The van der Waals surface area contributed by atoms with Crippen LogP contribution in [0.25, 0.3) is 16.9 Å². The van der Waals surface area contributed by atoms with Gasteiger partial charge in [-0.3, -0.25) is 19.4 Å². The lowest BCUT2D eigenvalue weighted by Crippen LogP contribution is -2.33. The molecule has 3 heterocycles. The highest BCUT2D eigenvalue weighted by molar-refractivity contribution is 5.63. The summed E-state index contributed by atoms with van der Waals surface area (Å²) in [6, 6.07) is 10.9. The van der Waals surface area contributed by atoms with Gasteiger partial charge in [-0.1, -0.05) is 6.42 Å². The van der Waals surface area contributed by atoms with Gasteiger partial charge in [-0.05, 0) is 56.3 Å². The maximum atomic E-state index is 10.9. The first-order chi connectivity index (χ1) is 13.2. The van der Waals surface area contributed by atoms with E-state index in [0.717, 1.165) is 23.6 Å². The summed E-state index contributed by atoms with van der Waals surface area (Å²) in [5.41, 5.74) is 2.45. The van der Waals surface area contributed by atoms with Gasteiger partial charge in [0.2, 0.25) is 0 Å². The monoisotopic (exact) mass is 366 g/mol. The number of likely N-dealkylation sites (tertiary alicyclic amines) is 1. The van der Waals surface area contributed by atoms with Crippen LogP contribution in [0.5, 0.6) is 5.75 Å². The molecular formula is C20H22N4O3. The Kier molecular flexibility index (Phi) is 5.02. The molecule has 27 heavy (non-hydrogen) atoms. The van der Waals surface area contributed by atoms with Gasteiger partial charge in [-0.25, -0.2) is 4.98 Å². The Hall–Kier alpha value is -2.93. The van der Waals surface area contributed by atoms with Crippen molar-refractivity contribution in [1.29, 1.82) is 0 Å². The van der Waals surface area contributed by atoms with Gasteiger partial charge in [0.1, 0.15) is 18.0 Å². The van der Waals surface area contributed by atoms with Crippen molar-refractivity contribution >= 4 is 11.3 Å². The molecule has 0 radical (unpaired) electrons. The Bertz CT molecular complexity index is 930. The molecule has 0 spiro atoms. The molecule has 7 nitrogen and oxygen atoms in total. The number of aromatic nitrogens is 2. The van der Waals surface area contributed by atoms with E-state index in [4.69, 9.17) is 4.74 Å². The molecule has 2 aromatic heterocycles. The Morgan fingerprint density at radius 1 is 1.04 bits per heavy atom. The predicted molar refractivity (Wildman–Crippen MR) is 103 cm³/mol. The maximum absolute atomic E-state index is 10.9. The molecule has 4 rings (SSSR count). The summed E-state index contributed by atoms with van der Waals surface area (Å²) in [5, 5.41) is 10.9. The van der Waals surface area contributed by atoms with Crippen molar-refractivity contribution in [2.45, 2.75) is 19.3 Å². The van der Waals surface area contributed by atoms with Gasteiger partial charge in [0.25, 0.3) is 5.69 Å². The average Bonchev–Trinajstić information content (AvgIpc) is 3.12. The SMILES string of the molecule is O=[N+]([O-])c1ccc2nc(-c3ccc(OCCN4CCCCC4)cc3)cn2c1. The number of ether oxygens (including phenoxy) is 1. The lowest BCUT2D eigenvalue weighted by Gasteiger charge is -2.26. The number of benzene rings is 1. The first-order valence-electron chi connectivity index (χ1n) is 9.28. The Labute approximate surface area is 157 Å². The molecule has 1 aromatic carbocycles. The van der Waals surface area contributed by atoms with Crippen molar-refractivity contribution in [2.75, 3.05) is 26.2 Å². The van der Waals surface area contributed by atoms with E-state index in [-0.39, 0.29) is 5.69 Å². The summed E-state index contributed by atoms with van der Waals surface area (Å²) in [6.07, 6.45) is 7.20. The minimum Gasteiger partial charge on any atom is -0.492 e. The van der Waals surface area contributed by atoms with E-state index in [1.54, 1.807) is 16.7 Å². The third-order valence-electron chi connectivity index (χ3n) is 4.92. The molecule has 1 fully saturated rings. The molecule has 140 valence electrons. The number of hydrogen-bond acceptors (Lipinski definition) is 5. The topological polar surface area (TPSA) is 72.9 Å². The van der Waals surface area contributed by atoms with Gasteiger partial charge in [-0.15, -0.1) is 0 Å². The molecule has 7 heteroatoms. The van der Waals surface area contributed by atoms with Crippen molar-refractivity contribution in [3.8, 4) is 17.0 Å². The fourth-order valence-corrected chi connectivity index (χ4v) is 3.42. The van der Waals surface area contributed by atoms with Crippen LogP contribution in [0.1, 0.15) is 19.3 Å². The van der Waals surface area contributed by atoms with Crippen molar-refractivity contribution in [3.63, 3.8) is 0 Å². The first-order valence-corrected chi connectivity index (χ1v) is 9.28. The van der Waals surface area contributed by atoms with Gasteiger partial charge < -0.3 is 4.74 Å². The highest BCUT2D eigenvalue weighted by Gasteiger charge is 2.11. The van der Waals surface area contributed by atoms with E-state index in [9.17, 15) is 10.1 Å². The first kappa shape index (κ1) is 17.5. The second-order valence-corrected chi connectivity index (χ2v) is 6.81. The maximum Gasteiger partial charge on any atom is 0.286 e. The summed E-state index contributed by atoms with van der Waals surface area (Å²) in [6.45, 7) is 4.01. The summed E-state index contributed by atoms with van der Waals surface area (Å²) in [5.74, 6) is 0.843. The largest absolute Gasteiger partial charge is 0.492 e. The van der Waals surface area contributed by atoms with Crippen LogP contribution in [0.15, 0.2) is 48.8 Å². The standard InChI is InChI=1S/C20H22N4O3/c25-24(26)17-6-9-20-21-19(15-23(20)14-17)16-4-7-18(8-5-16)27-13-12-22-10-2-1-3-11-22/h4-9,14-15H,1-3,10-13H2. The van der Waals surface area contributed by atoms with E-state index in [1.165, 1.54) is 44.6 Å². The van der Waals surface area contributed by atoms with E-state index < -0.39 is 4.92 Å². The smallest absolute Gasteiger partial charge is 0.286 e. The molecule has 1 aliphatic heterocycles. The van der Waals surface area contributed by atoms with E-state index in [1.807, 2.05) is 24.3 Å². The Morgan fingerprint density at radius 2 is 1.81 bits per heavy atom. The number of pyridine rings is 1. The number of hydrogen-bond donors (Lipinski definition) is 0. The number of imidazole rings is 1. The molecular weight excluding hydrogens is 344 g/mol. The van der Waals surface area contributed by atoms with Crippen molar-refractivity contribution in [3.05, 3.63) is 58.9 Å². The van der Waals surface area contributed by atoms with Gasteiger partial charge in [-0.2, -0.15) is 0 Å².